The fourth-order valence-electron chi connectivity index (χ4n) is 2.50. The van der Waals surface area contributed by atoms with Gasteiger partial charge in [0.1, 0.15) is 0 Å². The van der Waals surface area contributed by atoms with E-state index in [1.807, 2.05) is 4.90 Å². The first-order valence-electron chi connectivity index (χ1n) is 7.54. The van der Waals surface area contributed by atoms with Gasteiger partial charge in [-0.1, -0.05) is 50.8 Å². The zero-order valence-electron chi connectivity index (χ0n) is 12.3. The Morgan fingerprint density at radius 2 is 1.95 bits per heavy atom. The molecule has 1 saturated heterocycles. The van der Waals surface area contributed by atoms with E-state index in [-0.39, 0.29) is 11.0 Å². The Labute approximate surface area is 121 Å². The van der Waals surface area contributed by atoms with E-state index in [0.29, 0.717) is 12.3 Å². The van der Waals surface area contributed by atoms with Crippen LogP contribution in [0.4, 0.5) is 0 Å². The van der Waals surface area contributed by atoms with E-state index in [1.165, 1.54) is 43.9 Å². The molecule has 19 heavy (non-hydrogen) atoms. The summed E-state index contributed by atoms with van der Waals surface area (Å²) in [6.45, 7) is 5.58. The van der Waals surface area contributed by atoms with Gasteiger partial charge in [0.05, 0.1) is 0 Å². The lowest BCUT2D eigenvalue weighted by Crippen LogP contribution is -2.26. The molecule has 0 radical (unpaired) electrons. The second kappa shape index (κ2) is 9.40. The molecule has 0 aromatic carbocycles. The highest BCUT2D eigenvalue weighted by molar-refractivity contribution is 8.13. The van der Waals surface area contributed by atoms with Crippen LogP contribution < -0.4 is 0 Å². The van der Waals surface area contributed by atoms with Crippen LogP contribution in [-0.4, -0.2) is 34.8 Å². The zero-order valence-corrected chi connectivity index (χ0v) is 13.1. The van der Waals surface area contributed by atoms with Crippen LogP contribution in [0.1, 0.15) is 58.8 Å². The number of likely N-dealkylation sites (tertiary alicyclic amines) is 1. The summed E-state index contributed by atoms with van der Waals surface area (Å²) < 4.78 is 0. The van der Waals surface area contributed by atoms with Crippen molar-refractivity contribution in [3.63, 3.8) is 0 Å². The quantitative estimate of drug-likeness (QED) is 0.609. The molecular formula is C15H27NO2S. The lowest BCUT2D eigenvalue weighted by Gasteiger charge is -2.16. The van der Waals surface area contributed by atoms with Crippen LogP contribution in [-0.2, 0) is 9.59 Å². The Kier molecular flexibility index (Phi) is 8.19. The summed E-state index contributed by atoms with van der Waals surface area (Å²) in [6, 6.07) is 0. The van der Waals surface area contributed by atoms with Crippen LogP contribution in [0, 0.1) is 5.92 Å². The standard InChI is InChI=1S/C15H27NO2S/c1-3-4-5-6-7-8-9-16-11-14(10-15(16)18)12-19-13(2)17/h14H,3-12H2,1-2H3. The number of hydrogen-bond donors (Lipinski definition) is 0. The number of carbonyl (C=O) groups excluding carboxylic acids is 2. The van der Waals surface area contributed by atoms with Gasteiger partial charge in [0, 0.05) is 32.2 Å². The second-order valence-electron chi connectivity index (χ2n) is 5.48. The number of unbranched alkanes of at least 4 members (excludes halogenated alkanes) is 5. The summed E-state index contributed by atoms with van der Waals surface area (Å²) in [6.07, 6.45) is 8.21. The molecule has 1 unspecified atom stereocenters. The van der Waals surface area contributed by atoms with E-state index < -0.39 is 0 Å². The molecule has 1 fully saturated rings. The molecule has 0 aromatic rings. The highest BCUT2D eigenvalue weighted by Crippen LogP contribution is 2.22. The minimum atomic E-state index is 0.154. The van der Waals surface area contributed by atoms with Crippen molar-refractivity contribution < 1.29 is 9.59 Å². The van der Waals surface area contributed by atoms with Gasteiger partial charge in [-0.05, 0) is 12.3 Å². The number of nitrogens with zero attached hydrogens (tertiary/aromatic N) is 1. The Hall–Kier alpha value is -0.510. The van der Waals surface area contributed by atoms with Crippen LogP contribution in [0.5, 0.6) is 0 Å². The van der Waals surface area contributed by atoms with E-state index >= 15 is 0 Å². The molecule has 0 bridgehead atoms. The maximum absolute atomic E-state index is 11.8. The molecule has 1 rings (SSSR count). The van der Waals surface area contributed by atoms with Gasteiger partial charge in [-0.3, -0.25) is 9.59 Å². The number of hydrogen-bond acceptors (Lipinski definition) is 3. The normalized spacial score (nSPS) is 19.2. The molecule has 0 spiro atoms. The first kappa shape index (κ1) is 16.5. The second-order valence-corrected chi connectivity index (χ2v) is 6.68. The molecule has 1 heterocycles. The van der Waals surface area contributed by atoms with Gasteiger partial charge in [-0.15, -0.1) is 0 Å². The minimum Gasteiger partial charge on any atom is -0.342 e. The largest absolute Gasteiger partial charge is 0.342 e. The summed E-state index contributed by atoms with van der Waals surface area (Å²) in [5.74, 6) is 1.46. The molecule has 110 valence electrons. The Morgan fingerprint density at radius 1 is 1.26 bits per heavy atom. The van der Waals surface area contributed by atoms with Crippen molar-refractivity contribution in [2.24, 2.45) is 5.92 Å². The molecule has 0 N–H and O–H groups in total. The highest BCUT2D eigenvalue weighted by atomic mass is 32.2. The van der Waals surface area contributed by atoms with E-state index in [0.717, 1.165) is 25.3 Å². The molecule has 1 amide bonds. The number of thioether (sulfide) groups is 1. The third kappa shape index (κ3) is 7.00. The fourth-order valence-corrected chi connectivity index (χ4v) is 3.19. The average Bonchev–Trinajstić information content (AvgIpc) is 2.72. The van der Waals surface area contributed by atoms with Crippen molar-refractivity contribution >= 4 is 22.8 Å². The molecule has 1 atom stereocenters. The number of carbonyl (C=O) groups is 2. The molecule has 4 heteroatoms. The predicted molar refractivity (Wildman–Crippen MR) is 81.2 cm³/mol. The fraction of sp³-hybridized carbons (Fsp3) is 0.867. The van der Waals surface area contributed by atoms with Crippen LogP contribution in [0.15, 0.2) is 0 Å². The third-order valence-corrected chi connectivity index (χ3v) is 4.64. The molecule has 0 aromatic heterocycles. The highest BCUT2D eigenvalue weighted by Gasteiger charge is 2.29. The van der Waals surface area contributed by atoms with Gasteiger partial charge in [0.2, 0.25) is 5.91 Å². The van der Waals surface area contributed by atoms with Crippen LogP contribution >= 0.6 is 11.8 Å². The minimum absolute atomic E-state index is 0.154. The summed E-state index contributed by atoms with van der Waals surface area (Å²) >= 11 is 1.35. The van der Waals surface area contributed by atoms with Crippen molar-refractivity contribution in [1.82, 2.24) is 4.90 Å². The monoisotopic (exact) mass is 285 g/mol. The van der Waals surface area contributed by atoms with Gasteiger partial charge in [-0.2, -0.15) is 0 Å². The summed E-state index contributed by atoms with van der Waals surface area (Å²) in [5, 5.41) is 0.154. The van der Waals surface area contributed by atoms with Gasteiger partial charge < -0.3 is 4.90 Å². The maximum atomic E-state index is 11.8. The Balaban J connectivity index is 2.10. The summed E-state index contributed by atoms with van der Waals surface area (Å²) in [5.41, 5.74) is 0. The van der Waals surface area contributed by atoms with E-state index in [1.54, 1.807) is 6.92 Å². The van der Waals surface area contributed by atoms with Gasteiger partial charge in [0.15, 0.2) is 5.12 Å². The summed E-state index contributed by atoms with van der Waals surface area (Å²) in [7, 11) is 0. The molecule has 0 aliphatic carbocycles. The van der Waals surface area contributed by atoms with E-state index in [2.05, 4.69) is 6.92 Å². The van der Waals surface area contributed by atoms with Crippen molar-refractivity contribution in [3.05, 3.63) is 0 Å². The predicted octanol–water partition coefficient (Wildman–Crippen LogP) is 3.48. The van der Waals surface area contributed by atoms with Crippen molar-refractivity contribution in [1.29, 1.82) is 0 Å². The van der Waals surface area contributed by atoms with E-state index in [9.17, 15) is 9.59 Å². The van der Waals surface area contributed by atoms with Gasteiger partial charge in [0.25, 0.3) is 0 Å². The lowest BCUT2D eigenvalue weighted by atomic mass is 10.1. The lowest BCUT2D eigenvalue weighted by molar-refractivity contribution is -0.127. The first-order valence-corrected chi connectivity index (χ1v) is 8.53. The van der Waals surface area contributed by atoms with Gasteiger partial charge >= 0.3 is 0 Å². The topological polar surface area (TPSA) is 37.4 Å². The molecule has 1 aliphatic heterocycles. The molecule has 1 aliphatic rings. The number of rotatable bonds is 9. The molecule has 0 saturated carbocycles. The van der Waals surface area contributed by atoms with Crippen LogP contribution in [0.25, 0.3) is 0 Å². The zero-order chi connectivity index (χ0) is 14.1. The Bertz CT molecular complexity index is 294. The van der Waals surface area contributed by atoms with Crippen LogP contribution in [0.3, 0.4) is 0 Å². The smallest absolute Gasteiger partial charge is 0.222 e. The van der Waals surface area contributed by atoms with E-state index in [4.69, 9.17) is 0 Å². The molecular weight excluding hydrogens is 258 g/mol. The Morgan fingerprint density at radius 3 is 2.63 bits per heavy atom. The summed E-state index contributed by atoms with van der Waals surface area (Å²) in [4.78, 5) is 24.7. The average molecular weight is 285 g/mol. The van der Waals surface area contributed by atoms with Crippen molar-refractivity contribution in [3.8, 4) is 0 Å². The number of amides is 1. The van der Waals surface area contributed by atoms with Crippen molar-refractivity contribution in [2.45, 2.75) is 58.8 Å². The maximum Gasteiger partial charge on any atom is 0.222 e. The van der Waals surface area contributed by atoms with Crippen LogP contribution in [0.2, 0.25) is 0 Å². The molecule has 3 nitrogen and oxygen atoms in total. The van der Waals surface area contributed by atoms with Crippen molar-refractivity contribution in [2.75, 3.05) is 18.8 Å². The first-order chi connectivity index (χ1) is 9.13. The third-order valence-electron chi connectivity index (χ3n) is 3.60. The SMILES string of the molecule is CCCCCCCCN1CC(CSC(C)=O)CC1=O. The van der Waals surface area contributed by atoms with Gasteiger partial charge in [-0.25, -0.2) is 0 Å².